The molecule has 3 heterocycles. The van der Waals surface area contributed by atoms with E-state index in [1.807, 2.05) is 34.6 Å². The molecular formula is C19H25N5O2. The summed E-state index contributed by atoms with van der Waals surface area (Å²) in [5.41, 5.74) is 1.18. The van der Waals surface area contributed by atoms with Crippen molar-refractivity contribution in [3.05, 3.63) is 47.8 Å². The lowest BCUT2D eigenvalue weighted by atomic mass is 10.1. The van der Waals surface area contributed by atoms with Crippen molar-refractivity contribution in [2.75, 3.05) is 6.54 Å². The first-order valence-electron chi connectivity index (χ1n) is 9.14. The highest BCUT2D eigenvalue weighted by atomic mass is 16.2. The van der Waals surface area contributed by atoms with Crippen LogP contribution in [0, 0.1) is 0 Å². The molecule has 26 heavy (non-hydrogen) atoms. The fourth-order valence-electron chi connectivity index (χ4n) is 3.18. The number of hydrogen-bond donors (Lipinski definition) is 1. The fraction of sp³-hybridized carbons (Fsp3) is 0.474. The summed E-state index contributed by atoms with van der Waals surface area (Å²) in [6.07, 6.45) is 5.94. The smallest absolute Gasteiger partial charge is 0.271 e. The first-order chi connectivity index (χ1) is 12.6. The standard InChI is InChI=1S/C19H25N5O2/c1-3-4-8-17(25)24-11-10-23-13-16(22-18(23)14(24)2)19(26)21-12-15-7-5-6-9-20-15/h5-7,9,13-14H,3-4,8,10-12H2,1-2H3,(H,21,26). The second-order valence-electron chi connectivity index (χ2n) is 6.55. The van der Waals surface area contributed by atoms with Crippen LogP contribution in [0.3, 0.4) is 0 Å². The molecule has 0 radical (unpaired) electrons. The average Bonchev–Trinajstić information content (AvgIpc) is 3.10. The topological polar surface area (TPSA) is 80.1 Å². The number of imidazole rings is 1. The first-order valence-corrected chi connectivity index (χ1v) is 9.14. The Hall–Kier alpha value is -2.70. The second-order valence-corrected chi connectivity index (χ2v) is 6.55. The van der Waals surface area contributed by atoms with Crippen molar-refractivity contribution in [3.8, 4) is 0 Å². The second kappa shape index (κ2) is 8.12. The van der Waals surface area contributed by atoms with E-state index in [4.69, 9.17) is 0 Å². The maximum Gasteiger partial charge on any atom is 0.271 e. The van der Waals surface area contributed by atoms with Crippen LogP contribution >= 0.6 is 0 Å². The molecule has 1 unspecified atom stereocenters. The summed E-state index contributed by atoms with van der Waals surface area (Å²) in [6.45, 7) is 5.73. The summed E-state index contributed by atoms with van der Waals surface area (Å²) >= 11 is 0. The minimum Gasteiger partial charge on any atom is -0.345 e. The molecule has 0 spiro atoms. The number of amides is 2. The quantitative estimate of drug-likeness (QED) is 0.862. The lowest BCUT2D eigenvalue weighted by molar-refractivity contribution is -0.134. The molecule has 0 bridgehead atoms. The lowest BCUT2D eigenvalue weighted by Gasteiger charge is -2.33. The van der Waals surface area contributed by atoms with Crippen LogP contribution in [-0.4, -0.2) is 37.8 Å². The van der Waals surface area contributed by atoms with Crippen molar-refractivity contribution in [3.63, 3.8) is 0 Å². The molecule has 0 saturated carbocycles. The Kier molecular flexibility index (Phi) is 5.65. The molecule has 1 aliphatic rings. The Labute approximate surface area is 153 Å². The number of fused-ring (bicyclic) bond motifs is 1. The number of hydrogen-bond acceptors (Lipinski definition) is 4. The average molecular weight is 355 g/mol. The summed E-state index contributed by atoms with van der Waals surface area (Å²) in [5, 5.41) is 2.84. The molecule has 7 nitrogen and oxygen atoms in total. The summed E-state index contributed by atoms with van der Waals surface area (Å²) in [7, 11) is 0. The van der Waals surface area contributed by atoms with Gasteiger partial charge in [0.2, 0.25) is 5.91 Å². The predicted molar refractivity (Wildman–Crippen MR) is 97.3 cm³/mol. The molecule has 2 aromatic rings. The van der Waals surface area contributed by atoms with E-state index in [0.717, 1.165) is 24.4 Å². The van der Waals surface area contributed by atoms with Gasteiger partial charge in [-0.25, -0.2) is 4.98 Å². The normalized spacial score (nSPS) is 16.2. The van der Waals surface area contributed by atoms with Gasteiger partial charge in [0.1, 0.15) is 11.5 Å². The minimum absolute atomic E-state index is 0.120. The molecule has 1 N–H and O–H groups in total. The molecule has 138 valence electrons. The van der Waals surface area contributed by atoms with Crippen molar-refractivity contribution >= 4 is 11.8 Å². The molecule has 0 aromatic carbocycles. The van der Waals surface area contributed by atoms with Crippen LogP contribution in [-0.2, 0) is 17.9 Å². The van der Waals surface area contributed by atoms with Crippen LogP contribution in [0.25, 0.3) is 0 Å². The van der Waals surface area contributed by atoms with Gasteiger partial charge in [-0.2, -0.15) is 0 Å². The van der Waals surface area contributed by atoms with Gasteiger partial charge in [0, 0.05) is 31.9 Å². The van der Waals surface area contributed by atoms with E-state index in [9.17, 15) is 9.59 Å². The van der Waals surface area contributed by atoms with Crippen LogP contribution in [0.1, 0.15) is 61.2 Å². The third kappa shape index (κ3) is 3.92. The van der Waals surface area contributed by atoms with Crippen molar-refractivity contribution in [2.24, 2.45) is 0 Å². The van der Waals surface area contributed by atoms with Gasteiger partial charge < -0.3 is 14.8 Å². The van der Waals surface area contributed by atoms with Gasteiger partial charge in [0.15, 0.2) is 0 Å². The van der Waals surface area contributed by atoms with Crippen LogP contribution < -0.4 is 5.32 Å². The highest BCUT2D eigenvalue weighted by Gasteiger charge is 2.30. The number of unbranched alkanes of at least 4 members (excludes halogenated alkanes) is 1. The van der Waals surface area contributed by atoms with Gasteiger partial charge >= 0.3 is 0 Å². The van der Waals surface area contributed by atoms with Gasteiger partial charge in [-0.3, -0.25) is 14.6 Å². The van der Waals surface area contributed by atoms with E-state index in [-0.39, 0.29) is 17.9 Å². The van der Waals surface area contributed by atoms with E-state index < -0.39 is 0 Å². The molecule has 0 saturated heterocycles. The molecular weight excluding hydrogens is 330 g/mol. The van der Waals surface area contributed by atoms with Crippen LogP contribution in [0.5, 0.6) is 0 Å². The first kappa shape index (κ1) is 18.1. The molecule has 2 amide bonds. The maximum atomic E-state index is 12.4. The number of rotatable bonds is 6. The fourth-order valence-corrected chi connectivity index (χ4v) is 3.18. The van der Waals surface area contributed by atoms with Gasteiger partial charge in [-0.1, -0.05) is 19.4 Å². The largest absolute Gasteiger partial charge is 0.345 e. The van der Waals surface area contributed by atoms with E-state index in [2.05, 4.69) is 22.2 Å². The third-order valence-electron chi connectivity index (χ3n) is 4.68. The van der Waals surface area contributed by atoms with Crippen LogP contribution in [0.4, 0.5) is 0 Å². The molecule has 7 heteroatoms. The summed E-state index contributed by atoms with van der Waals surface area (Å²) in [6, 6.07) is 5.46. The number of carbonyl (C=O) groups is 2. The van der Waals surface area contributed by atoms with E-state index >= 15 is 0 Å². The highest BCUT2D eigenvalue weighted by molar-refractivity contribution is 5.92. The Balaban J connectivity index is 1.66. The maximum absolute atomic E-state index is 12.4. The van der Waals surface area contributed by atoms with Crippen molar-refractivity contribution in [1.29, 1.82) is 0 Å². The molecule has 0 fully saturated rings. The van der Waals surface area contributed by atoms with E-state index in [1.165, 1.54) is 0 Å². The SMILES string of the molecule is CCCCC(=O)N1CCn2cc(C(=O)NCc3ccccn3)nc2C1C. The Morgan fingerprint density at radius 3 is 2.88 bits per heavy atom. The van der Waals surface area contributed by atoms with Gasteiger partial charge in [0.05, 0.1) is 18.3 Å². The highest BCUT2D eigenvalue weighted by Crippen LogP contribution is 2.25. The number of carbonyl (C=O) groups excluding carboxylic acids is 2. The number of pyridine rings is 1. The van der Waals surface area contributed by atoms with Crippen LogP contribution in [0.15, 0.2) is 30.6 Å². The number of nitrogens with zero attached hydrogens (tertiary/aromatic N) is 4. The zero-order valence-corrected chi connectivity index (χ0v) is 15.3. The van der Waals surface area contributed by atoms with Crippen molar-refractivity contribution < 1.29 is 9.59 Å². The minimum atomic E-state index is -0.228. The molecule has 0 aliphatic carbocycles. The predicted octanol–water partition coefficient (Wildman–Crippen LogP) is 2.30. The molecule has 3 rings (SSSR count). The van der Waals surface area contributed by atoms with Gasteiger partial charge in [0.25, 0.3) is 5.91 Å². The monoisotopic (exact) mass is 355 g/mol. The molecule has 1 atom stereocenters. The summed E-state index contributed by atoms with van der Waals surface area (Å²) < 4.78 is 1.98. The number of aromatic nitrogens is 3. The molecule has 2 aromatic heterocycles. The third-order valence-corrected chi connectivity index (χ3v) is 4.68. The lowest BCUT2D eigenvalue weighted by Crippen LogP contribution is -2.41. The van der Waals surface area contributed by atoms with E-state index in [1.54, 1.807) is 12.4 Å². The van der Waals surface area contributed by atoms with Gasteiger partial charge in [-0.05, 0) is 25.5 Å². The summed E-state index contributed by atoms with van der Waals surface area (Å²) in [5.74, 6) is 0.701. The van der Waals surface area contributed by atoms with Crippen LogP contribution in [0.2, 0.25) is 0 Å². The van der Waals surface area contributed by atoms with Crippen molar-refractivity contribution in [1.82, 2.24) is 24.8 Å². The van der Waals surface area contributed by atoms with E-state index in [0.29, 0.717) is 31.7 Å². The Bertz CT molecular complexity index is 771. The Morgan fingerprint density at radius 2 is 2.15 bits per heavy atom. The zero-order chi connectivity index (χ0) is 18.5. The van der Waals surface area contributed by atoms with Crippen molar-refractivity contribution in [2.45, 2.75) is 52.2 Å². The number of nitrogens with one attached hydrogen (secondary N) is 1. The molecule has 1 aliphatic heterocycles. The summed E-state index contributed by atoms with van der Waals surface area (Å²) in [4.78, 5) is 35.3. The Morgan fingerprint density at radius 1 is 1.31 bits per heavy atom. The van der Waals surface area contributed by atoms with Gasteiger partial charge in [-0.15, -0.1) is 0 Å². The zero-order valence-electron chi connectivity index (χ0n) is 15.3.